The molecule has 0 fully saturated rings. The molecule has 2 aromatic rings. The average Bonchev–Trinajstić information content (AvgIpc) is 2.46. The van der Waals surface area contributed by atoms with Crippen LogP contribution >= 0.6 is 11.6 Å². The molecule has 5 nitrogen and oxygen atoms in total. The van der Waals surface area contributed by atoms with Gasteiger partial charge in [-0.05, 0) is 12.1 Å². The van der Waals surface area contributed by atoms with Crippen LogP contribution in [0.5, 0.6) is 0 Å². The highest BCUT2D eigenvalue weighted by atomic mass is 35.5. The van der Waals surface area contributed by atoms with Gasteiger partial charge in [0.15, 0.2) is 0 Å². The highest BCUT2D eigenvalue weighted by Crippen LogP contribution is 2.10. The summed E-state index contributed by atoms with van der Waals surface area (Å²) in [4.78, 5) is 19.3. The fourth-order valence-corrected chi connectivity index (χ4v) is 1.55. The SMILES string of the molecule is N#Cc1ccc(CNC(=O)c2cnc(Cl)cn2)c(F)c1. The summed E-state index contributed by atoms with van der Waals surface area (Å²) in [6.45, 7) is -0.0132. The maximum Gasteiger partial charge on any atom is 0.271 e. The summed E-state index contributed by atoms with van der Waals surface area (Å²) in [5.74, 6) is -1.04. The number of amides is 1. The van der Waals surface area contributed by atoms with E-state index in [2.05, 4.69) is 15.3 Å². The van der Waals surface area contributed by atoms with Gasteiger partial charge in [-0.1, -0.05) is 17.7 Å². The third-order valence-corrected chi connectivity index (χ3v) is 2.67. The topological polar surface area (TPSA) is 78.7 Å². The predicted molar refractivity (Wildman–Crippen MR) is 69.3 cm³/mol. The van der Waals surface area contributed by atoms with Gasteiger partial charge in [0.1, 0.15) is 16.7 Å². The first-order valence-electron chi connectivity index (χ1n) is 5.54. The van der Waals surface area contributed by atoms with Gasteiger partial charge < -0.3 is 5.32 Å². The fraction of sp³-hybridized carbons (Fsp3) is 0.0769. The molecule has 100 valence electrons. The Morgan fingerprint density at radius 3 is 2.80 bits per heavy atom. The Morgan fingerprint density at radius 2 is 2.20 bits per heavy atom. The van der Waals surface area contributed by atoms with Crippen molar-refractivity contribution in [1.29, 1.82) is 5.26 Å². The van der Waals surface area contributed by atoms with Crippen LogP contribution in [0.4, 0.5) is 4.39 Å². The molecule has 1 heterocycles. The molecule has 0 bridgehead atoms. The Kier molecular flexibility index (Phi) is 4.23. The second-order valence-electron chi connectivity index (χ2n) is 3.83. The number of nitriles is 1. The summed E-state index contributed by atoms with van der Waals surface area (Å²) in [6.07, 6.45) is 2.48. The molecular weight excluding hydrogens is 283 g/mol. The highest BCUT2D eigenvalue weighted by molar-refractivity contribution is 6.29. The second-order valence-corrected chi connectivity index (χ2v) is 4.21. The molecule has 0 aliphatic carbocycles. The first-order valence-corrected chi connectivity index (χ1v) is 5.92. The number of nitrogens with zero attached hydrogens (tertiary/aromatic N) is 3. The summed E-state index contributed by atoms with van der Waals surface area (Å²) in [6, 6.07) is 5.87. The Labute approximate surface area is 119 Å². The van der Waals surface area contributed by atoms with Crippen molar-refractivity contribution in [3.05, 3.63) is 58.4 Å². The lowest BCUT2D eigenvalue weighted by atomic mass is 10.1. The Balaban J connectivity index is 2.04. The van der Waals surface area contributed by atoms with Crippen molar-refractivity contribution in [2.24, 2.45) is 0 Å². The number of hydrogen-bond donors (Lipinski definition) is 1. The van der Waals surface area contributed by atoms with Gasteiger partial charge in [-0.15, -0.1) is 0 Å². The number of benzene rings is 1. The molecule has 0 radical (unpaired) electrons. The van der Waals surface area contributed by atoms with Crippen molar-refractivity contribution in [1.82, 2.24) is 15.3 Å². The number of halogens is 2. The van der Waals surface area contributed by atoms with Crippen molar-refractivity contribution >= 4 is 17.5 Å². The van der Waals surface area contributed by atoms with Crippen LogP contribution in [0.3, 0.4) is 0 Å². The molecule has 1 aromatic heterocycles. The number of aromatic nitrogens is 2. The van der Waals surface area contributed by atoms with E-state index in [9.17, 15) is 9.18 Å². The maximum atomic E-state index is 13.6. The molecule has 0 spiro atoms. The average molecular weight is 291 g/mol. The van der Waals surface area contributed by atoms with Crippen LogP contribution in [-0.2, 0) is 6.54 Å². The summed E-state index contributed by atoms with van der Waals surface area (Å²) in [7, 11) is 0. The molecule has 7 heteroatoms. The van der Waals surface area contributed by atoms with E-state index in [4.69, 9.17) is 16.9 Å². The molecule has 0 aliphatic heterocycles. The number of carbonyl (C=O) groups is 1. The van der Waals surface area contributed by atoms with Crippen LogP contribution in [0.1, 0.15) is 21.6 Å². The van der Waals surface area contributed by atoms with Gasteiger partial charge in [0, 0.05) is 12.1 Å². The van der Waals surface area contributed by atoms with E-state index in [0.29, 0.717) is 0 Å². The molecule has 0 atom stereocenters. The number of rotatable bonds is 3. The lowest BCUT2D eigenvalue weighted by Crippen LogP contribution is -2.24. The Bertz CT molecular complexity index is 682. The van der Waals surface area contributed by atoms with E-state index in [-0.39, 0.29) is 28.5 Å². The van der Waals surface area contributed by atoms with Crippen molar-refractivity contribution < 1.29 is 9.18 Å². The summed E-state index contributed by atoms with van der Waals surface area (Å²) < 4.78 is 13.6. The summed E-state index contributed by atoms with van der Waals surface area (Å²) >= 11 is 5.56. The quantitative estimate of drug-likeness (QED) is 0.938. The molecule has 1 N–H and O–H groups in total. The third kappa shape index (κ3) is 3.28. The van der Waals surface area contributed by atoms with Crippen LogP contribution in [0.2, 0.25) is 5.15 Å². The van der Waals surface area contributed by atoms with Crippen LogP contribution in [-0.4, -0.2) is 15.9 Å². The highest BCUT2D eigenvalue weighted by Gasteiger charge is 2.09. The van der Waals surface area contributed by atoms with Crippen LogP contribution in [0, 0.1) is 17.1 Å². The molecule has 20 heavy (non-hydrogen) atoms. The van der Waals surface area contributed by atoms with Gasteiger partial charge in [-0.3, -0.25) is 4.79 Å². The molecule has 2 rings (SSSR count). The largest absolute Gasteiger partial charge is 0.346 e. The van der Waals surface area contributed by atoms with Crippen molar-refractivity contribution in [3.8, 4) is 6.07 Å². The van der Waals surface area contributed by atoms with E-state index in [0.717, 1.165) is 6.07 Å². The normalized spacial score (nSPS) is 9.85. The molecule has 1 amide bonds. The van der Waals surface area contributed by atoms with E-state index in [1.54, 1.807) is 0 Å². The standard InChI is InChI=1S/C13H8ClFN4O/c14-12-7-17-11(6-18-12)13(20)19-5-9-2-1-8(4-16)3-10(9)15/h1-3,6-7H,5H2,(H,19,20). The molecular formula is C13H8ClFN4O. The number of hydrogen-bond acceptors (Lipinski definition) is 4. The zero-order chi connectivity index (χ0) is 14.5. The minimum atomic E-state index is -0.549. The van der Waals surface area contributed by atoms with Crippen molar-refractivity contribution in [3.63, 3.8) is 0 Å². The Morgan fingerprint density at radius 1 is 1.40 bits per heavy atom. The third-order valence-electron chi connectivity index (χ3n) is 2.47. The van der Waals surface area contributed by atoms with Crippen LogP contribution in [0.15, 0.2) is 30.6 Å². The van der Waals surface area contributed by atoms with Gasteiger partial charge in [-0.25, -0.2) is 14.4 Å². The lowest BCUT2D eigenvalue weighted by Gasteiger charge is -2.06. The van der Waals surface area contributed by atoms with E-state index in [1.165, 1.54) is 24.5 Å². The van der Waals surface area contributed by atoms with Crippen molar-refractivity contribution in [2.75, 3.05) is 0 Å². The maximum absolute atomic E-state index is 13.6. The van der Waals surface area contributed by atoms with Gasteiger partial charge in [0.05, 0.1) is 24.0 Å². The Hall–Kier alpha value is -2.52. The van der Waals surface area contributed by atoms with Gasteiger partial charge in [-0.2, -0.15) is 5.26 Å². The molecule has 1 aromatic carbocycles. The summed E-state index contributed by atoms with van der Waals surface area (Å²) in [5.41, 5.74) is 0.587. The fourth-order valence-electron chi connectivity index (χ4n) is 1.46. The van der Waals surface area contributed by atoms with E-state index >= 15 is 0 Å². The molecule has 0 unspecified atom stereocenters. The minimum Gasteiger partial charge on any atom is -0.346 e. The van der Waals surface area contributed by atoms with Gasteiger partial charge in [0.25, 0.3) is 5.91 Å². The molecule has 0 saturated carbocycles. The summed E-state index contributed by atoms with van der Waals surface area (Å²) in [5, 5.41) is 11.3. The van der Waals surface area contributed by atoms with E-state index in [1.807, 2.05) is 6.07 Å². The first kappa shape index (κ1) is 13.9. The zero-order valence-corrected chi connectivity index (χ0v) is 10.9. The van der Waals surface area contributed by atoms with Crippen LogP contribution < -0.4 is 5.32 Å². The number of carbonyl (C=O) groups excluding carboxylic acids is 1. The zero-order valence-electron chi connectivity index (χ0n) is 10.1. The van der Waals surface area contributed by atoms with Crippen molar-refractivity contribution in [2.45, 2.75) is 6.54 Å². The predicted octanol–water partition coefficient (Wildman–Crippen LogP) is 2.07. The van der Waals surface area contributed by atoms with E-state index < -0.39 is 11.7 Å². The molecule has 0 saturated heterocycles. The monoisotopic (exact) mass is 290 g/mol. The van der Waals surface area contributed by atoms with Crippen LogP contribution in [0.25, 0.3) is 0 Å². The smallest absolute Gasteiger partial charge is 0.271 e. The first-order chi connectivity index (χ1) is 9.60. The van der Waals surface area contributed by atoms with Gasteiger partial charge >= 0.3 is 0 Å². The molecule has 0 aliphatic rings. The number of nitrogens with one attached hydrogen (secondary N) is 1. The lowest BCUT2D eigenvalue weighted by molar-refractivity contribution is 0.0945. The second kappa shape index (κ2) is 6.08. The minimum absolute atomic E-state index is 0.0132. The van der Waals surface area contributed by atoms with Gasteiger partial charge in [0.2, 0.25) is 0 Å².